The smallest absolute Gasteiger partial charge is 0.380 e. The van der Waals surface area contributed by atoms with Crippen molar-refractivity contribution in [1.29, 1.82) is 0 Å². The monoisotopic (exact) mass is 479 g/mol. The van der Waals surface area contributed by atoms with Crippen LogP contribution >= 0.6 is 0 Å². The van der Waals surface area contributed by atoms with E-state index >= 15 is 0 Å². The third-order valence-corrected chi connectivity index (χ3v) is 4.14. The van der Waals surface area contributed by atoms with Gasteiger partial charge in [0.05, 0.1) is 5.60 Å². The molecule has 15 heteroatoms. The van der Waals surface area contributed by atoms with Gasteiger partial charge >= 0.3 is 6.18 Å². The van der Waals surface area contributed by atoms with Crippen molar-refractivity contribution in [3.63, 3.8) is 0 Å². The number of allylic oxidation sites excluding steroid dienone is 1. The van der Waals surface area contributed by atoms with Crippen LogP contribution in [0.2, 0.25) is 0 Å². The fraction of sp³-hybridized carbons (Fsp3) is 0.500. The summed E-state index contributed by atoms with van der Waals surface area (Å²) in [6.07, 6.45) is -8.03. The Morgan fingerprint density at radius 1 is 1.09 bits per heavy atom. The van der Waals surface area contributed by atoms with E-state index in [1.807, 2.05) is 0 Å². The zero-order valence-corrected chi connectivity index (χ0v) is 17.5. The lowest BCUT2D eigenvalue weighted by atomic mass is 9.92. The van der Waals surface area contributed by atoms with E-state index in [4.69, 9.17) is 4.84 Å². The van der Waals surface area contributed by atoms with E-state index in [0.29, 0.717) is 0 Å². The van der Waals surface area contributed by atoms with Crippen molar-refractivity contribution in [2.75, 3.05) is 10.8 Å². The van der Waals surface area contributed by atoms with Gasteiger partial charge in [0.1, 0.15) is 11.6 Å². The highest BCUT2D eigenvalue weighted by molar-refractivity contribution is 5.66. The van der Waals surface area contributed by atoms with E-state index in [0.717, 1.165) is 12.3 Å². The maximum atomic E-state index is 14.5. The first-order valence-electron chi connectivity index (χ1n) is 9.48. The average Bonchev–Trinajstić information content (AvgIpc) is 2.70. The molecular formula is C18H19F6N7O2. The SMILES string of the molecule is CC(C)(C)ONc1nc(Nc2ccnc(C(F)(F)F)n2)nc(C2=C(F)C(O)C(F)(F)CC2)n1. The highest BCUT2D eigenvalue weighted by atomic mass is 19.4. The van der Waals surface area contributed by atoms with Gasteiger partial charge in [0.25, 0.3) is 11.9 Å². The molecule has 9 nitrogen and oxygen atoms in total. The Kier molecular flexibility index (Phi) is 6.48. The molecule has 2 aromatic rings. The van der Waals surface area contributed by atoms with Gasteiger partial charge in [0.15, 0.2) is 11.9 Å². The van der Waals surface area contributed by atoms with Crippen molar-refractivity contribution in [2.24, 2.45) is 0 Å². The third kappa shape index (κ3) is 6.04. The van der Waals surface area contributed by atoms with Gasteiger partial charge < -0.3 is 10.4 Å². The molecule has 0 aromatic carbocycles. The molecule has 3 rings (SSSR count). The minimum atomic E-state index is -4.81. The van der Waals surface area contributed by atoms with Crippen LogP contribution in [0.15, 0.2) is 18.1 Å². The van der Waals surface area contributed by atoms with Gasteiger partial charge in [-0.2, -0.15) is 28.1 Å². The second-order valence-electron chi connectivity index (χ2n) is 8.00. The van der Waals surface area contributed by atoms with Crippen LogP contribution in [-0.2, 0) is 11.0 Å². The average molecular weight is 479 g/mol. The van der Waals surface area contributed by atoms with Crippen molar-refractivity contribution >= 4 is 23.3 Å². The Labute approximate surface area is 183 Å². The number of halogens is 6. The Morgan fingerprint density at radius 2 is 1.76 bits per heavy atom. The number of hydrogen-bond donors (Lipinski definition) is 3. The number of aliphatic hydroxyl groups is 1. The van der Waals surface area contributed by atoms with Crippen molar-refractivity contribution in [3.05, 3.63) is 29.7 Å². The molecule has 2 aromatic heterocycles. The minimum Gasteiger partial charge on any atom is -0.380 e. The van der Waals surface area contributed by atoms with Crippen molar-refractivity contribution in [1.82, 2.24) is 24.9 Å². The first kappa shape index (κ1) is 24.6. The van der Waals surface area contributed by atoms with Crippen molar-refractivity contribution < 1.29 is 36.3 Å². The maximum Gasteiger partial charge on any atom is 0.451 e. The standard InChI is InChI=1S/C18H19F6N7O2/c1-16(2,3)33-31-15-29-12(8-4-6-17(20,21)11(32)10(8)19)28-14(30-15)27-9-5-7-25-13(26-9)18(22,23)24/h5,7,11,32H,4,6H2,1-3H3,(H2,25,26,27,28,29,30,31). The summed E-state index contributed by atoms with van der Waals surface area (Å²) in [5.41, 5.74) is 1.26. The Hall–Kier alpha value is -3.07. The van der Waals surface area contributed by atoms with E-state index in [1.54, 1.807) is 20.8 Å². The molecule has 1 aliphatic carbocycles. The van der Waals surface area contributed by atoms with Gasteiger partial charge in [-0.05, 0) is 33.3 Å². The molecule has 3 N–H and O–H groups in total. The molecular weight excluding hydrogens is 460 g/mol. The lowest BCUT2D eigenvalue weighted by molar-refractivity contribution is -0.144. The molecule has 33 heavy (non-hydrogen) atoms. The van der Waals surface area contributed by atoms with Gasteiger partial charge in [-0.1, -0.05) is 0 Å². The van der Waals surface area contributed by atoms with E-state index in [1.165, 1.54) is 0 Å². The van der Waals surface area contributed by atoms with Crippen LogP contribution in [0.5, 0.6) is 0 Å². The van der Waals surface area contributed by atoms with Gasteiger partial charge in [-0.3, -0.25) is 4.84 Å². The number of aromatic nitrogens is 5. The summed E-state index contributed by atoms with van der Waals surface area (Å²) < 4.78 is 80.4. The summed E-state index contributed by atoms with van der Waals surface area (Å²) in [4.78, 5) is 23.5. The number of nitrogens with one attached hydrogen (secondary N) is 2. The maximum absolute atomic E-state index is 14.5. The van der Waals surface area contributed by atoms with Crippen molar-refractivity contribution in [3.8, 4) is 0 Å². The molecule has 0 saturated carbocycles. The number of aliphatic hydroxyl groups excluding tert-OH is 1. The topological polar surface area (TPSA) is 118 Å². The fourth-order valence-electron chi connectivity index (χ4n) is 2.61. The summed E-state index contributed by atoms with van der Waals surface area (Å²) in [6, 6.07) is 1.10. The summed E-state index contributed by atoms with van der Waals surface area (Å²) in [7, 11) is 0. The largest absolute Gasteiger partial charge is 0.451 e. The third-order valence-electron chi connectivity index (χ3n) is 4.14. The Bertz CT molecular complexity index is 1060. The summed E-state index contributed by atoms with van der Waals surface area (Å²) in [5.74, 6) is -8.08. The Balaban J connectivity index is 2.01. The van der Waals surface area contributed by atoms with Crippen LogP contribution in [0, 0.1) is 0 Å². The molecule has 0 amide bonds. The lowest BCUT2D eigenvalue weighted by Gasteiger charge is -2.27. The summed E-state index contributed by atoms with van der Waals surface area (Å²) >= 11 is 0. The summed E-state index contributed by atoms with van der Waals surface area (Å²) in [6.45, 7) is 5.05. The number of rotatable bonds is 5. The van der Waals surface area contributed by atoms with E-state index in [2.05, 4.69) is 35.7 Å². The molecule has 1 unspecified atom stereocenters. The number of anilines is 3. The van der Waals surface area contributed by atoms with Crippen LogP contribution < -0.4 is 10.8 Å². The molecule has 0 saturated heterocycles. The molecule has 1 atom stereocenters. The normalized spacial score (nSPS) is 18.9. The van der Waals surface area contributed by atoms with Crippen LogP contribution in [0.4, 0.5) is 44.1 Å². The van der Waals surface area contributed by atoms with Gasteiger partial charge in [-0.15, -0.1) is 0 Å². The molecule has 0 fully saturated rings. The highest BCUT2D eigenvalue weighted by Crippen LogP contribution is 2.41. The molecule has 0 bridgehead atoms. The first-order chi connectivity index (χ1) is 15.2. The zero-order valence-electron chi connectivity index (χ0n) is 17.5. The van der Waals surface area contributed by atoms with Gasteiger partial charge in [0, 0.05) is 18.2 Å². The number of hydrogen-bond acceptors (Lipinski definition) is 9. The second-order valence-corrected chi connectivity index (χ2v) is 8.00. The molecule has 0 radical (unpaired) electrons. The number of nitrogens with zero attached hydrogens (tertiary/aromatic N) is 5. The predicted octanol–water partition coefficient (Wildman–Crippen LogP) is 4.04. The van der Waals surface area contributed by atoms with E-state index in [-0.39, 0.29) is 17.7 Å². The van der Waals surface area contributed by atoms with E-state index < -0.39 is 59.7 Å². The summed E-state index contributed by atoms with van der Waals surface area (Å²) in [5, 5.41) is 12.0. The predicted molar refractivity (Wildman–Crippen MR) is 103 cm³/mol. The minimum absolute atomic E-state index is 0.297. The van der Waals surface area contributed by atoms with Gasteiger partial charge in [0.2, 0.25) is 11.8 Å². The second kappa shape index (κ2) is 8.70. The molecule has 180 valence electrons. The first-order valence-corrected chi connectivity index (χ1v) is 9.48. The van der Waals surface area contributed by atoms with E-state index in [9.17, 15) is 31.4 Å². The quantitative estimate of drug-likeness (QED) is 0.431. The molecule has 0 spiro atoms. The number of alkyl halides is 5. The molecule has 0 aliphatic heterocycles. The Morgan fingerprint density at radius 3 is 2.39 bits per heavy atom. The highest BCUT2D eigenvalue weighted by Gasteiger charge is 2.46. The lowest BCUT2D eigenvalue weighted by Crippen LogP contribution is -2.37. The fourth-order valence-corrected chi connectivity index (χ4v) is 2.61. The van der Waals surface area contributed by atoms with Crippen LogP contribution in [0.25, 0.3) is 5.57 Å². The molecule has 2 heterocycles. The zero-order chi connectivity index (χ0) is 24.6. The van der Waals surface area contributed by atoms with Crippen LogP contribution in [0.1, 0.15) is 45.3 Å². The van der Waals surface area contributed by atoms with Gasteiger partial charge in [-0.25, -0.2) is 28.6 Å². The van der Waals surface area contributed by atoms with Crippen molar-refractivity contribution in [2.45, 2.75) is 57.4 Å². The molecule has 1 aliphatic rings. The van der Waals surface area contributed by atoms with Crippen LogP contribution in [-0.4, -0.2) is 47.7 Å². The van der Waals surface area contributed by atoms with Crippen LogP contribution in [0.3, 0.4) is 0 Å².